The third-order valence-corrected chi connectivity index (χ3v) is 3.69. The molecule has 6 nitrogen and oxygen atoms in total. The summed E-state index contributed by atoms with van der Waals surface area (Å²) in [4.78, 5) is 28.1. The zero-order valence-electron chi connectivity index (χ0n) is 10.3. The topological polar surface area (TPSA) is 83.5 Å². The predicted molar refractivity (Wildman–Crippen MR) is 67.8 cm³/mol. The van der Waals surface area contributed by atoms with Crippen molar-refractivity contribution in [2.45, 2.75) is 45.1 Å². The molecule has 1 aliphatic carbocycles. The van der Waals surface area contributed by atoms with E-state index in [0.29, 0.717) is 22.8 Å². The Kier molecular flexibility index (Phi) is 2.57. The van der Waals surface area contributed by atoms with Crippen LogP contribution in [0.3, 0.4) is 0 Å². The second-order valence-corrected chi connectivity index (χ2v) is 4.95. The normalized spacial score (nSPS) is 17.4. The highest BCUT2D eigenvalue weighted by Crippen LogP contribution is 2.29. The van der Waals surface area contributed by atoms with Crippen molar-refractivity contribution in [3.63, 3.8) is 0 Å². The van der Waals surface area contributed by atoms with Crippen molar-refractivity contribution in [2.24, 2.45) is 0 Å². The van der Waals surface area contributed by atoms with E-state index < -0.39 is 5.69 Å². The zero-order valence-corrected chi connectivity index (χ0v) is 10.3. The Balaban J connectivity index is 2.23. The molecule has 1 saturated carbocycles. The van der Waals surface area contributed by atoms with Gasteiger partial charge in [-0.3, -0.25) is 14.8 Å². The van der Waals surface area contributed by atoms with Gasteiger partial charge in [-0.25, -0.2) is 9.48 Å². The molecule has 0 amide bonds. The average Bonchev–Trinajstić information content (AvgIpc) is 2.67. The molecule has 18 heavy (non-hydrogen) atoms. The molecule has 1 fully saturated rings. The van der Waals surface area contributed by atoms with Gasteiger partial charge in [-0.2, -0.15) is 5.10 Å². The van der Waals surface area contributed by atoms with E-state index in [1.54, 1.807) is 6.92 Å². The lowest BCUT2D eigenvalue weighted by Crippen LogP contribution is -2.23. The fraction of sp³-hybridized carbons (Fsp3) is 0.583. The summed E-state index contributed by atoms with van der Waals surface area (Å²) in [7, 11) is 0. The number of aromatic amines is 2. The van der Waals surface area contributed by atoms with Crippen LogP contribution in [0.2, 0.25) is 0 Å². The number of hydrogen-bond donors (Lipinski definition) is 2. The van der Waals surface area contributed by atoms with Crippen LogP contribution >= 0.6 is 0 Å². The van der Waals surface area contributed by atoms with Gasteiger partial charge in [0.1, 0.15) is 11.0 Å². The number of aromatic nitrogens is 4. The molecule has 2 N–H and O–H groups in total. The molecule has 0 aromatic carbocycles. The Hall–Kier alpha value is -1.85. The molecule has 2 aromatic heterocycles. The molecule has 0 unspecified atom stereocenters. The summed E-state index contributed by atoms with van der Waals surface area (Å²) in [6, 6.07) is 0.299. The molecule has 0 bridgehead atoms. The molecule has 0 aliphatic heterocycles. The van der Waals surface area contributed by atoms with Gasteiger partial charge >= 0.3 is 5.69 Å². The lowest BCUT2D eigenvalue weighted by Gasteiger charge is -2.22. The monoisotopic (exact) mass is 248 g/mol. The average molecular weight is 248 g/mol. The number of fused-ring (bicyclic) bond motifs is 1. The smallest absolute Gasteiger partial charge is 0.292 e. The van der Waals surface area contributed by atoms with Crippen LogP contribution in [0, 0.1) is 6.92 Å². The molecule has 2 heterocycles. The number of rotatable bonds is 1. The van der Waals surface area contributed by atoms with Crippen molar-refractivity contribution >= 4 is 11.0 Å². The molecular weight excluding hydrogens is 232 g/mol. The van der Waals surface area contributed by atoms with E-state index in [-0.39, 0.29) is 5.56 Å². The van der Waals surface area contributed by atoms with Crippen molar-refractivity contribution in [2.75, 3.05) is 0 Å². The van der Waals surface area contributed by atoms with Crippen LogP contribution < -0.4 is 11.2 Å². The van der Waals surface area contributed by atoms with E-state index in [4.69, 9.17) is 0 Å². The maximum atomic E-state index is 11.8. The molecule has 0 saturated heterocycles. The van der Waals surface area contributed by atoms with Gasteiger partial charge in [0.25, 0.3) is 5.56 Å². The minimum atomic E-state index is -0.468. The Labute approximate surface area is 103 Å². The van der Waals surface area contributed by atoms with Gasteiger partial charge in [-0.1, -0.05) is 19.3 Å². The van der Waals surface area contributed by atoms with E-state index in [1.165, 1.54) is 19.3 Å². The Bertz CT molecular complexity index is 688. The minimum absolute atomic E-state index is 0.299. The van der Waals surface area contributed by atoms with E-state index in [9.17, 15) is 9.59 Å². The van der Waals surface area contributed by atoms with Gasteiger partial charge in [-0.05, 0) is 19.8 Å². The SMILES string of the molecule is Cc1nn(C2CCCCC2)c2[nH]c(=O)[nH]c(=O)c12. The van der Waals surface area contributed by atoms with Gasteiger partial charge in [0.2, 0.25) is 0 Å². The van der Waals surface area contributed by atoms with Crippen molar-refractivity contribution in [3.8, 4) is 0 Å². The molecule has 1 aliphatic rings. The van der Waals surface area contributed by atoms with Crippen LogP contribution in [-0.2, 0) is 0 Å². The largest absolute Gasteiger partial charge is 0.327 e. The van der Waals surface area contributed by atoms with Crippen molar-refractivity contribution < 1.29 is 0 Å². The highest BCUT2D eigenvalue weighted by atomic mass is 16.2. The van der Waals surface area contributed by atoms with Crippen molar-refractivity contribution in [1.29, 1.82) is 0 Å². The molecule has 0 atom stereocenters. The molecule has 2 aromatic rings. The summed E-state index contributed by atoms with van der Waals surface area (Å²) >= 11 is 0. The first-order valence-electron chi connectivity index (χ1n) is 6.38. The predicted octanol–water partition coefficient (Wildman–Crippen LogP) is 1.23. The fourth-order valence-corrected chi connectivity index (χ4v) is 2.83. The Morgan fingerprint density at radius 1 is 1.17 bits per heavy atom. The van der Waals surface area contributed by atoms with E-state index in [2.05, 4.69) is 15.1 Å². The molecule has 6 heteroatoms. The van der Waals surface area contributed by atoms with Crippen molar-refractivity contribution in [3.05, 3.63) is 26.5 Å². The fourth-order valence-electron chi connectivity index (χ4n) is 2.83. The summed E-state index contributed by atoms with van der Waals surface area (Å²) in [5, 5.41) is 4.94. The summed E-state index contributed by atoms with van der Waals surface area (Å²) in [5.41, 5.74) is 0.416. The minimum Gasteiger partial charge on any atom is -0.292 e. The Morgan fingerprint density at radius 3 is 2.61 bits per heavy atom. The lowest BCUT2D eigenvalue weighted by molar-refractivity contribution is 0.335. The van der Waals surface area contributed by atoms with Crippen LogP contribution in [-0.4, -0.2) is 19.7 Å². The Morgan fingerprint density at radius 2 is 1.89 bits per heavy atom. The third kappa shape index (κ3) is 1.68. The summed E-state index contributed by atoms with van der Waals surface area (Å²) in [6.45, 7) is 1.80. The molecular formula is C12H16N4O2. The summed E-state index contributed by atoms with van der Waals surface area (Å²) in [6.07, 6.45) is 5.73. The zero-order chi connectivity index (χ0) is 12.7. The molecule has 0 spiro atoms. The first-order valence-corrected chi connectivity index (χ1v) is 6.38. The van der Waals surface area contributed by atoms with E-state index in [1.807, 2.05) is 4.68 Å². The summed E-state index contributed by atoms with van der Waals surface area (Å²) < 4.78 is 1.83. The maximum Gasteiger partial charge on any atom is 0.327 e. The number of H-pyrrole nitrogens is 2. The second kappa shape index (κ2) is 4.12. The van der Waals surface area contributed by atoms with Gasteiger partial charge in [0.05, 0.1) is 11.7 Å². The third-order valence-electron chi connectivity index (χ3n) is 3.69. The maximum absolute atomic E-state index is 11.8. The van der Waals surface area contributed by atoms with Crippen LogP contribution in [0.5, 0.6) is 0 Å². The molecule has 0 radical (unpaired) electrons. The molecule has 96 valence electrons. The number of nitrogens with zero attached hydrogens (tertiary/aromatic N) is 2. The summed E-state index contributed by atoms with van der Waals surface area (Å²) in [5.74, 6) is 0. The first kappa shape index (κ1) is 11.3. The van der Waals surface area contributed by atoms with Crippen LogP contribution in [0.15, 0.2) is 9.59 Å². The van der Waals surface area contributed by atoms with Gasteiger partial charge < -0.3 is 0 Å². The highest BCUT2D eigenvalue weighted by Gasteiger charge is 2.21. The van der Waals surface area contributed by atoms with Gasteiger partial charge in [-0.15, -0.1) is 0 Å². The second-order valence-electron chi connectivity index (χ2n) is 4.95. The molecule has 3 rings (SSSR count). The lowest BCUT2D eigenvalue weighted by atomic mass is 9.96. The van der Waals surface area contributed by atoms with Crippen LogP contribution in [0.4, 0.5) is 0 Å². The first-order chi connectivity index (χ1) is 8.66. The van der Waals surface area contributed by atoms with E-state index >= 15 is 0 Å². The van der Waals surface area contributed by atoms with Gasteiger partial charge in [0.15, 0.2) is 0 Å². The quantitative estimate of drug-likeness (QED) is 0.796. The van der Waals surface area contributed by atoms with Crippen LogP contribution in [0.25, 0.3) is 11.0 Å². The van der Waals surface area contributed by atoms with E-state index in [0.717, 1.165) is 12.8 Å². The van der Waals surface area contributed by atoms with Gasteiger partial charge in [0, 0.05) is 0 Å². The highest BCUT2D eigenvalue weighted by molar-refractivity contribution is 5.76. The van der Waals surface area contributed by atoms with Crippen LogP contribution in [0.1, 0.15) is 43.8 Å². The standard InChI is InChI=1S/C12H16N4O2/c1-7-9-10(13-12(18)14-11(9)17)16(15-7)8-5-3-2-4-6-8/h8H,2-6H2,1H3,(H2,13,14,17,18). The number of nitrogens with one attached hydrogen (secondary N) is 2. The van der Waals surface area contributed by atoms with Crippen molar-refractivity contribution in [1.82, 2.24) is 19.7 Å². The number of aryl methyl sites for hydroxylation is 1. The number of hydrogen-bond acceptors (Lipinski definition) is 3.